The second kappa shape index (κ2) is 9.50. The van der Waals surface area contributed by atoms with Crippen molar-refractivity contribution in [1.82, 2.24) is 10.6 Å². The molecule has 0 saturated heterocycles. The third-order valence-electron chi connectivity index (χ3n) is 6.36. The molecule has 180 valence electrons. The third-order valence-corrected chi connectivity index (χ3v) is 6.60. The normalized spacial score (nSPS) is 29.3. The first-order valence-corrected chi connectivity index (χ1v) is 11.3. The third kappa shape index (κ3) is 5.97. The molecular weight excluding hydrogens is 465 g/mol. The van der Waals surface area contributed by atoms with Crippen molar-refractivity contribution in [3.8, 4) is 5.75 Å². The summed E-state index contributed by atoms with van der Waals surface area (Å²) in [5.74, 6) is -0.674. The fraction of sp³-hybridized carbons (Fsp3) is 0.591. The van der Waals surface area contributed by atoms with Gasteiger partial charge in [-0.05, 0) is 56.7 Å². The van der Waals surface area contributed by atoms with Gasteiger partial charge in [-0.1, -0.05) is 11.6 Å². The van der Waals surface area contributed by atoms with Gasteiger partial charge >= 0.3 is 6.36 Å². The molecule has 1 aromatic rings. The van der Waals surface area contributed by atoms with Gasteiger partial charge in [0.25, 0.3) is 5.91 Å². The van der Waals surface area contributed by atoms with Crippen LogP contribution in [0.1, 0.15) is 55.3 Å². The first-order chi connectivity index (χ1) is 15.6. The summed E-state index contributed by atoms with van der Waals surface area (Å²) in [7, 11) is 0. The number of amides is 2. The summed E-state index contributed by atoms with van der Waals surface area (Å²) in [6.07, 6.45) is -3.99. The van der Waals surface area contributed by atoms with E-state index in [9.17, 15) is 27.6 Å². The van der Waals surface area contributed by atoms with Crippen molar-refractivity contribution in [2.75, 3.05) is 0 Å². The van der Waals surface area contributed by atoms with E-state index < -0.39 is 18.6 Å². The molecular formula is C22H24ClF3N2O5. The molecule has 0 bridgehead atoms. The number of hydrogen-bond acceptors (Lipinski definition) is 5. The average Bonchev–Trinajstić information content (AvgIpc) is 2.72. The summed E-state index contributed by atoms with van der Waals surface area (Å²) in [5.41, 5.74) is 0.362. The number of carbonyl (C=O) groups is 3. The smallest absolute Gasteiger partial charge is 0.479 e. The van der Waals surface area contributed by atoms with E-state index in [-0.39, 0.29) is 54.9 Å². The lowest BCUT2D eigenvalue weighted by atomic mass is 9.83. The number of rotatable bonds is 5. The molecule has 33 heavy (non-hydrogen) atoms. The number of ketones is 1. The molecule has 0 aromatic heterocycles. The van der Waals surface area contributed by atoms with E-state index in [0.717, 1.165) is 0 Å². The molecule has 7 nitrogen and oxygen atoms in total. The Morgan fingerprint density at radius 3 is 2.36 bits per heavy atom. The maximum absolute atomic E-state index is 12.6. The molecule has 0 unspecified atom stereocenters. The van der Waals surface area contributed by atoms with Crippen LogP contribution < -0.4 is 15.4 Å². The Morgan fingerprint density at radius 1 is 1.03 bits per heavy atom. The summed E-state index contributed by atoms with van der Waals surface area (Å²) in [6.45, 7) is 0. The van der Waals surface area contributed by atoms with E-state index in [0.29, 0.717) is 42.0 Å². The number of alkyl halides is 3. The molecule has 2 aliphatic carbocycles. The van der Waals surface area contributed by atoms with Crippen LogP contribution in [0.4, 0.5) is 13.2 Å². The summed E-state index contributed by atoms with van der Waals surface area (Å²) in [5, 5.41) is 6.11. The Balaban J connectivity index is 1.19. The predicted octanol–water partition coefficient (Wildman–Crippen LogP) is 3.53. The van der Waals surface area contributed by atoms with Crippen LogP contribution in [0.5, 0.6) is 5.75 Å². The minimum Gasteiger partial charge on any atom is -0.479 e. The Hall–Kier alpha value is -2.33. The van der Waals surface area contributed by atoms with Crippen molar-refractivity contribution in [2.24, 2.45) is 5.92 Å². The first kappa shape index (κ1) is 23.8. The van der Waals surface area contributed by atoms with Crippen LogP contribution in [0.3, 0.4) is 0 Å². The van der Waals surface area contributed by atoms with Crippen LogP contribution in [0.2, 0.25) is 5.02 Å². The van der Waals surface area contributed by atoms with Crippen LogP contribution >= 0.6 is 11.6 Å². The van der Waals surface area contributed by atoms with Gasteiger partial charge in [-0.3, -0.25) is 19.1 Å². The van der Waals surface area contributed by atoms with Crippen molar-refractivity contribution < 1.29 is 37.0 Å². The van der Waals surface area contributed by atoms with Crippen LogP contribution in [0, 0.1) is 5.92 Å². The largest absolute Gasteiger partial charge is 0.522 e. The number of ether oxygens (including phenoxy) is 2. The number of benzene rings is 1. The van der Waals surface area contributed by atoms with Crippen molar-refractivity contribution in [3.63, 3.8) is 0 Å². The molecule has 1 heterocycles. The van der Waals surface area contributed by atoms with Gasteiger partial charge < -0.3 is 15.4 Å². The molecule has 2 saturated carbocycles. The van der Waals surface area contributed by atoms with Crippen LogP contribution in [0.15, 0.2) is 18.2 Å². The summed E-state index contributed by atoms with van der Waals surface area (Å²) in [6, 6.07) is 4.24. The fourth-order valence-electron chi connectivity index (χ4n) is 4.52. The van der Waals surface area contributed by atoms with Crippen molar-refractivity contribution >= 4 is 29.2 Å². The van der Waals surface area contributed by atoms with Gasteiger partial charge in [0.2, 0.25) is 5.91 Å². The highest BCUT2D eigenvalue weighted by Crippen LogP contribution is 2.32. The molecule has 1 atom stereocenters. The minimum absolute atomic E-state index is 0.0721. The monoisotopic (exact) mass is 488 g/mol. The number of nitrogens with one attached hydrogen (secondary N) is 2. The van der Waals surface area contributed by atoms with E-state index in [1.54, 1.807) is 12.1 Å². The summed E-state index contributed by atoms with van der Waals surface area (Å²) >= 11 is 5.91. The van der Waals surface area contributed by atoms with Crippen LogP contribution in [0.25, 0.3) is 0 Å². The highest BCUT2D eigenvalue weighted by molar-refractivity contribution is 6.31. The summed E-state index contributed by atoms with van der Waals surface area (Å²) in [4.78, 5) is 37.4. The lowest BCUT2D eigenvalue weighted by Gasteiger charge is -2.37. The maximum atomic E-state index is 12.6. The standard InChI is InChI=1S/C22H24ClF3N2O5/c23-12-3-6-18-16(7-12)17(29)10-19(32-18)21(31)27-13-4-1-11(2-5-13)20(30)28-14-8-15(9-14)33-22(24,25)26/h3,6-7,11,13-15,19H,1-2,4-5,8-10H2,(H,27,31)(H,28,30)/t11-,13-,14-,15+,19-/m1/s1. The lowest BCUT2D eigenvalue weighted by Crippen LogP contribution is -2.51. The quantitative estimate of drug-likeness (QED) is 0.661. The van der Waals surface area contributed by atoms with Crippen LogP contribution in [-0.4, -0.2) is 48.3 Å². The van der Waals surface area contributed by atoms with Gasteiger partial charge in [0.05, 0.1) is 18.1 Å². The minimum atomic E-state index is -4.66. The zero-order chi connectivity index (χ0) is 23.8. The number of hydrogen-bond donors (Lipinski definition) is 2. The molecule has 11 heteroatoms. The second-order valence-corrected chi connectivity index (χ2v) is 9.23. The fourth-order valence-corrected chi connectivity index (χ4v) is 4.70. The Morgan fingerprint density at radius 2 is 1.70 bits per heavy atom. The Labute approximate surface area is 193 Å². The molecule has 1 aromatic carbocycles. The maximum Gasteiger partial charge on any atom is 0.522 e. The van der Waals surface area contributed by atoms with Crippen molar-refractivity contribution in [3.05, 3.63) is 28.8 Å². The molecule has 2 fully saturated rings. The van der Waals surface area contributed by atoms with Gasteiger partial charge in [-0.15, -0.1) is 13.2 Å². The Bertz CT molecular complexity index is 927. The number of Topliss-reactive ketones (excluding diaryl/α,β-unsaturated/α-hetero) is 1. The van der Waals surface area contributed by atoms with Gasteiger partial charge in [0.1, 0.15) is 5.75 Å². The SMILES string of the molecule is O=C1C[C@H](C(=O)N[C@H]2CC[C@H](C(=O)N[C@H]3C[C@@H](OC(F)(F)F)C3)CC2)Oc2ccc(Cl)cc21. The number of carbonyl (C=O) groups excluding carboxylic acids is 3. The second-order valence-electron chi connectivity index (χ2n) is 8.79. The summed E-state index contributed by atoms with van der Waals surface area (Å²) < 4.78 is 46.2. The predicted molar refractivity (Wildman–Crippen MR) is 111 cm³/mol. The number of halogens is 4. The molecule has 2 amide bonds. The zero-order valence-corrected chi connectivity index (χ0v) is 18.4. The first-order valence-electron chi connectivity index (χ1n) is 10.9. The molecule has 4 rings (SSSR count). The van der Waals surface area contributed by atoms with Crippen molar-refractivity contribution in [1.29, 1.82) is 0 Å². The van der Waals surface area contributed by atoms with Crippen molar-refractivity contribution in [2.45, 2.75) is 75.6 Å². The van der Waals surface area contributed by atoms with E-state index in [2.05, 4.69) is 15.4 Å². The van der Waals surface area contributed by atoms with E-state index in [1.165, 1.54) is 6.07 Å². The van der Waals surface area contributed by atoms with Gasteiger partial charge in [-0.25, -0.2) is 0 Å². The molecule has 0 radical (unpaired) electrons. The average molecular weight is 489 g/mol. The van der Waals surface area contributed by atoms with E-state index in [4.69, 9.17) is 16.3 Å². The topological polar surface area (TPSA) is 93.7 Å². The van der Waals surface area contributed by atoms with Gasteiger partial charge in [-0.2, -0.15) is 0 Å². The number of fused-ring (bicyclic) bond motifs is 1. The zero-order valence-electron chi connectivity index (χ0n) is 17.6. The molecule has 0 spiro atoms. The highest BCUT2D eigenvalue weighted by Gasteiger charge is 2.41. The van der Waals surface area contributed by atoms with Gasteiger partial charge in [0, 0.05) is 23.0 Å². The molecule has 1 aliphatic heterocycles. The highest BCUT2D eigenvalue weighted by atomic mass is 35.5. The van der Waals surface area contributed by atoms with E-state index >= 15 is 0 Å². The van der Waals surface area contributed by atoms with Crippen LogP contribution in [-0.2, 0) is 14.3 Å². The van der Waals surface area contributed by atoms with Gasteiger partial charge in [0.15, 0.2) is 11.9 Å². The molecule has 3 aliphatic rings. The van der Waals surface area contributed by atoms with E-state index in [1.807, 2.05) is 0 Å². The molecule has 2 N–H and O–H groups in total. The lowest BCUT2D eigenvalue weighted by molar-refractivity contribution is -0.351. The Kier molecular flexibility index (Phi) is 6.86.